The highest BCUT2D eigenvalue weighted by Gasteiger charge is 2.41. The van der Waals surface area contributed by atoms with Crippen molar-refractivity contribution >= 4 is 6.09 Å². The van der Waals surface area contributed by atoms with E-state index in [-0.39, 0.29) is 30.1 Å². The van der Waals surface area contributed by atoms with E-state index in [9.17, 15) is 9.90 Å². The van der Waals surface area contributed by atoms with Gasteiger partial charge in [0.1, 0.15) is 6.61 Å². The fourth-order valence-corrected chi connectivity index (χ4v) is 4.46. The van der Waals surface area contributed by atoms with Crippen molar-refractivity contribution in [3.63, 3.8) is 0 Å². The summed E-state index contributed by atoms with van der Waals surface area (Å²) in [6.45, 7) is 5.16. The maximum Gasteiger partial charge on any atom is 0.410 e. The molecule has 1 fully saturated rings. The van der Waals surface area contributed by atoms with E-state index < -0.39 is 0 Å². The lowest BCUT2D eigenvalue weighted by Gasteiger charge is -2.24. The number of carbonyl (C=O) groups excluding carboxylic acids is 1. The topological polar surface area (TPSA) is 49.8 Å². The molecule has 0 aromatic heterocycles. The number of benzene rings is 2. The largest absolute Gasteiger partial charge is 0.448 e. The van der Waals surface area contributed by atoms with Crippen LogP contribution in [0.3, 0.4) is 0 Å². The van der Waals surface area contributed by atoms with Crippen LogP contribution in [0.25, 0.3) is 11.1 Å². The summed E-state index contributed by atoms with van der Waals surface area (Å²) in [5.41, 5.74) is 4.88. The van der Waals surface area contributed by atoms with Crippen molar-refractivity contribution in [2.45, 2.75) is 32.2 Å². The average molecular weight is 351 g/mol. The summed E-state index contributed by atoms with van der Waals surface area (Å²) in [4.78, 5) is 14.4. The number of aliphatic hydroxyl groups is 1. The van der Waals surface area contributed by atoms with Gasteiger partial charge in [-0.15, -0.1) is 0 Å². The Kier molecular flexibility index (Phi) is 4.23. The Balaban J connectivity index is 1.52. The molecule has 4 rings (SSSR count). The maximum absolute atomic E-state index is 12.7. The van der Waals surface area contributed by atoms with Crippen LogP contribution in [0, 0.1) is 5.41 Å². The van der Waals surface area contributed by atoms with E-state index in [0.717, 1.165) is 6.42 Å². The minimum absolute atomic E-state index is 0.0129. The molecule has 0 radical (unpaired) electrons. The second-order valence-corrected chi connectivity index (χ2v) is 8.14. The predicted octanol–water partition coefficient (Wildman–Crippen LogP) is 4.03. The third kappa shape index (κ3) is 2.88. The van der Waals surface area contributed by atoms with Gasteiger partial charge in [-0.2, -0.15) is 0 Å². The molecular formula is C22H25NO3. The molecule has 4 heteroatoms. The van der Waals surface area contributed by atoms with Crippen molar-refractivity contribution in [3.05, 3.63) is 59.7 Å². The van der Waals surface area contributed by atoms with Gasteiger partial charge >= 0.3 is 6.09 Å². The zero-order chi connectivity index (χ0) is 18.3. The summed E-state index contributed by atoms with van der Waals surface area (Å²) >= 11 is 0. The highest BCUT2D eigenvalue weighted by atomic mass is 16.6. The van der Waals surface area contributed by atoms with Gasteiger partial charge in [-0.3, -0.25) is 0 Å². The van der Waals surface area contributed by atoms with Gasteiger partial charge < -0.3 is 14.7 Å². The van der Waals surface area contributed by atoms with Gasteiger partial charge in [0, 0.05) is 12.5 Å². The maximum atomic E-state index is 12.7. The van der Waals surface area contributed by atoms with Crippen molar-refractivity contribution < 1.29 is 14.6 Å². The third-order valence-electron chi connectivity index (χ3n) is 5.61. The highest BCUT2D eigenvalue weighted by Crippen LogP contribution is 2.44. The summed E-state index contributed by atoms with van der Waals surface area (Å²) in [6.07, 6.45) is 0.477. The SMILES string of the molecule is CC1(C)C[C@@H](CO)N(C(=O)OCC2c3ccccc3-c3ccccc32)C1. The smallest absolute Gasteiger partial charge is 0.410 e. The second kappa shape index (κ2) is 6.44. The molecule has 26 heavy (non-hydrogen) atoms. The average Bonchev–Trinajstić information content (AvgIpc) is 3.14. The first kappa shape index (κ1) is 17.1. The molecule has 4 nitrogen and oxygen atoms in total. The van der Waals surface area contributed by atoms with E-state index in [2.05, 4.69) is 38.1 Å². The molecule has 1 aliphatic carbocycles. The third-order valence-corrected chi connectivity index (χ3v) is 5.61. The van der Waals surface area contributed by atoms with Gasteiger partial charge in [0.05, 0.1) is 12.6 Å². The van der Waals surface area contributed by atoms with Crippen LogP contribution in [0.15, 0.2) is 48.5 Å². The standard InChI is InChI=1S/C22H25NO3/c1-22(2)11-15(12-24)23(14-22)21(25)26-13-20-18-9-5-3-7-16(18)17-8-4-6-10-19(17)20/h3-10,15,20,24H,11-14H2,1-2H3/t15-/m0/s1. The van der Waals surface area contributed by atoms with Gasteiger partial charge in [0.2, 0.25) is 0 Å². The molecule has 1 N–H and O–H groups in total. The van der Waals surface area contributed by atoms with Crippen LogP contribution >= 0.6 is 0 Å². The number of ether oxygens (including phenoxy) is 1. The molecule has 0 unspecified atom stereocenters. The molecule has 136 valence electrons. The normalized spacial score (nSPS) is 20.7. The van der Waals surface area contributed by atoms with Crippen LogP contribution in [-0.4, -0.2) is 41.9 Å². The molecule has 2 aromatic carbocycles. The molecule has 0 spiro atoms. The first-order valence-corrected chi connectivity index (χ1v) is 9.23. The molecule has 1 amide bonds. The minimum Gasteiger partial charge on any atom is -0.448 e. The number of rotatable bonds is 3. The molecule has 1 heterocycles. The number of nitrogens with zero attached hydrogens (tertiary/aromatic N) is 1. The molecule has 1 saturated heterocycles. The summed E-state index contributed by atoms with van der Waals surface area (Å²) < 4.78 is 5.72. The molecule has 1 aliphatic heterocycles. The Morgan fingerprint density at radius 3 is 2.27 bits per heavy atom. The molecule has 1 atom stereocenters. The van der Waals surface area contributed by atoms with Crippen LogP contribution < -0.4 is 0 Å². The predicted molar refractivity (Wildman–Crippen MR) is 101 cm³/mol. The lowest BCUT2D eigenvalue weighted by atomic mass is 9.91. The number of carbonyl (C=O) groups is 1. The highest BCUT2D eigenvalue weighted by molar-refractivity contribution is 5.79. The van der Waals surface area contributed by atoms with E-state index in [1.807, 2.05) is 24.3 Å². The fourth-order valence-electron chi connectivity index (χ4n) is 4.46. The van der Waals surface area contributed by atoms with Gasteiger partial charge in [0.25, 0.3) is 0 Å². The Morgan fingerprint density at radius 1 is 1.12 bits per heavy atom. The number of amides is 1. The minimum atomic E-state index is -0.323. The van der Waals surface area contributed by atoms with Crippen LogP contribution in [0.2, 0.25) is 0 Å². The Labute approximate surface area is 154 Å². The van der Waals surface area contributed by atoms with Crippen LogP contribution in [0.4, 0.5) is 4.79 Å². The van der Waals surface area contributed by atoms with Crippen LogP contribution in [0.5, 0.6) is 0 Å². The molecule has 2 aromatic rings. The Bertz CT molecular complexity index is 784. The van der Waals surface area contributed by atoms with Gasteiger partial charge in [-0.1, -0.05) is 62.4 Å². The number of hydrogen-bond donors (Lipinski definition) is 1. The van der Waals surface area contributed by atoms with E-state index in [4.69, 9.17) is 4.74 Å². The van der Waals surface area contributed by atoms with Crippen LogP contribution in [0.1, 0.15) is 37.3 Å². The Morgan fingerprint density at radius 2 is 1.69 bits per heavy atom. The first-order chi connectivity index (χ1) is 12.5. The van der Waals surface area contributed by atoms with Crippen molar-refractivity contribution in [3.8, 4) is 11.1 Å². The first-order valence-electron chi connectivity index (χ1n) is 9.23. The van der Waals surface area contributed by atoms with E-state index >= 15 is 0 Å². The lowest BCUT2D eigenvalue weighted by Crippen LogP contribution is -2.39. The number of fused-ring (bicyclic) bond motifs is 3. The summed E-state index contributed by atoms with van der Waals surface area (Å²) in [6, 6.07) is 16.5. The van der Waals surface area contributed by atoms with E-state index in [1.165, 1.54) is 22.3 Å². The molecule has 0 saturated carbocycles. The zero-order valence-electron chi connectivity index (χ0n) is 15.3. The summed E-state index contributed by atoms with van der Waals surface area (Å²) in [5.74, 6) is 0.0644. The van der Waals surface area contributed by atoms with Crippen molar-refractivity contribution in [1.29, 1.82) is 0 Å². The summed E-state index contributed by atoms with van der Waals surface area (Å²) in [7, 11) is 0. The second-order valence-electron chi connectivity index (χ2n) is 8.14. The lowest BCUT2D eigenvalue weighted by molar-refractivity contribution is 0.0815. The van der Waals surface area contributed by atoms with Crippen molar-refractivity contribution in [1.82, 2.24) is 4.90 Å². The van der Waals surface area contributed by atoms with Crippen LogP contribution in [-0.2, 0) is 4.74 Å². The van der Waals surface area contributed by atoms with E-state index in [1.54, 1.807) is 4.90 Å². The fraction of sp³-hybridized carbons (Fsp3) is 0.409. The van der Waals surface area contributed by atoms with Gasteiger partial charge in [0.15, 0.2) is 0 Å². The van der Waals surface area contributed by atoms with E-state index in [0.29, 0.717) is 13.2 Å². The monoisotopic (exact) mass is 351 g/mol. The molecular weight excluding hydrogens is 326 g/mol. The van der Waals surface area contributed by atoms with Gasteiger partial charge in [-0.05, 0) is 34.1 Å². The number of likely N-dealkylation sites (tertiary alicyclic amines) is 1. The number of hydrogen-bond acceptors (Lipinski definition) is 3. The quantitative estimate of drug-likeness (QED) is 0.908. The van der Waals surface area contributed by atoms with Gasteiger partial charge in [-0.25, -0.2) is 4.79 Å². The molecule has 0 bridgehead atoms. The van der Waals surface area contributed by atoms with Crippen molar-refractivity contribution in [2.75, 3.05) is 19.8 Å². The summed E-state index contributed by atoms with van der Waals surface area (Å²) in [5, 5.41) is 9.61. The van der Waals surface area contributed by atoms with Crippen molar-refractivity contribution in [2.24, 2.45) is 5.41 Å². The zero-order valence-corrected chi connectivity index (χ0v) is 15.3. The Hall–Kier alpha value is -2.33. The number of aliphatic hydroxyl groups excluding tert-OH is 1. The molecule has 2 aliphatic rings.